The highest BCUT2D eigenvalue weighted by Gasteiger charge is 2.29. The Morgan fingerprint density at radius 1 is 1.32 bits per heavy atom. The molecule has 1 aromatic rings. The molecule has 3 amide bonds. The number of aromatic nitrogens is 1. The summed E-state index contributed by atoms with van der Waals surface area (Å²) in [6.45, 7) is 5.47. The minimum absolute atomic E-state index is 0.0544. The molecule has 0 aliphatic carbocycles. The number of hydrogen-bond acceptors (Lipinski definition) is 4. The van der Waals surface area contributed by atoms with Crippen molar-refractivity contribution in [3.8, 4) is 0 Å². The van der Waals surface area contributed by atoms with Gasteiger partial charge in [-0.15, -0.1) is 0 Å². The van der Waals surface area contributed by atoms with Crippen LogP contribution in [0.2, 0.25) is 0 Å². The molecule has 7 heteroatoms. The highest BCUT2D eigenvalue weighted by Crippen LogP contribution is 2.18. The zero-order chi connectivity index (χ0) is 18.2. The zero-order valence-corrected chi connectivity index (χ0v) is 14.9. The molecule has 1 saturated heterocycles. The van der Waals surface area contributed by atoms with Gasteiger partial charge in [0.2, 0.25) is 5.91 Å². The van der Waals surface area contributed by atoms with Crippen LogP contribution in [-0.4, -0.2) is 52.7 Å². The zero-order valence-electron chi connectivity index (χ0n) is 14.9. The second-order valence-corrected chi connectivity index (χ2v) is 6.95. The van der Waals surface area contributed by atoms with Gasteiger partial charge in [-0.25, -0.2) is 9.78 Å². The Kier molecular flexibility index (Phi) is 7.18. The second-order valence-electron chi connectivity index (χ2n) is 6.95. The van der Waals surface area contributed by atoms with Crippen LogP contribution in [0.1, 0.15) is 33.1 Å². The highest BCUT2D eigenvalue weighted by molar-refractivity contribution is 5.93. The van der Waals surface area contributed by atoms with E-state index in [1.165, 1.54) is 0 Å². The van der Waals surface area contributed by atoms with Gasteiger partial charge in [0.15, 0.2) is 0 Å². The number of aliphatic hydroxyl groups excluding tert-OH is 1. The minimum Gasteiger partial charge on any atom is -0.396 e. The van der Waals surface area contributed by atoms with Crippen LogP contribution in [0.15, 0.2) is 24.4 Å². The van der Waals surface area contributed by atoms with Crippen LogP contribution in [0.5, 0.6) is 0 Å². The first-order valence-electron chi connectivity index (χ1n) is 8.87. The number of hydrogen-bond donors (Lipinski definition) is 3. The van der Waals surface area contributed by atoms with Crippen molar-refractivity contribution < 1.29 is 14.7 Å². The van der Waals surface area contributed by atoms with Gasteiger partial charge >= 0.3 is 6.03 Å². The summed E-state index contributed by atoms with van der Waals surface area (Å²) < 4.78 is 0. The number of carbonyl (C=O) groups excluding carboxylic acids is 2. The first kappa shape index (κ1) is 19.2. The van der Waals surface area contributed by atoms with Gasteiger partial charge in [0, 0.05) is 25.9 Å². The summed E-state index contributed by atoms with van der Waals surface area (Å²) in [5.74, 6) is 0.938. The van der Waals surface area contributed by atoms with E-state index in [-0.39, 0.29) is 24.3 Å². The molecule has 138 valence electrons. The second kappa shape index (κ2) is 9.36. The molecule has 1 atom stereocenters. The number of pyridine rings is 1. The molecule has 1 fully saturated rings. The van der Waals surface area contributed by atoms with Gasteiger partial charge in [0.05, 0.1) is 0 Å². The lowest BCUT2D eigenvalue weighted by molar-refractivity contribution is -0.135. The molecule has 2 heterocycles. The molecular formula is C18H28N4O3. The normalized spacial score (nSPS) is 16.6. The molecule has 0 saturated carbocycles. The molecule has 1 unspecified atom stereocenters. The maximum absolute atomic E-state index is 12.8. The van der Waals surface area contributed by atoms with Gasteiger partial charge < -0.3 is 15.3 Å². The molecule has 7 nitrogen and oxygen atoms in total. The number of amides is 3. The summed E-state index contributed by atoms with van der Waals surface area (Å²) in [7, 11) is 0. The van der Waals surface area contributed by atoms with E-state index in [0.29, 0.717) is 25.3 Å². The summed E-state index contributed by atoms with van der Waals surface area (Å²) in [5, 5.41) is 14.7. The predicted molar refractivity (Wildman–Crippen MR) is 96.0 cm³/mol. The standard InChI is InChI=1S/C18H28N4O3/c1-13(2)11-15(17(24)22-9-6-14(12-23)7-10-22)20-18(25)21-16-5-3-4-8-19-16/h3-5,8,13-15,23H,6-7,9-12H2,1-2H3,(H2,19,20,21,25). The molecule has 25 heavy (non-hydrogen) atoms. The van der Waals surface area contributed by atoms with Gasteiger partial charge in [-0.3, -0.25) is 10.1 Å². The average molecular weight is 348 g/mol. The molecule has 1 aliphatic heterocycles. The molecule has 0 spiro atoms. The van der Waals surface area contributed by atoms with Gasteiger partial charge in [0.1, 0.15) is 11.9 Å². The van der Waals surface area contributed by atoms with Crippen LogP contribution in [0.3, 0.4) is 0 Å². The fourth-order valence-corrected chi connectivity index (χ4v) is 3.00. The summed E-state index contributed by atoms with van der Waals surface area (Å²) in [6, 6.07) is 4.25. The average Bonchev–Trinajstić information content (AvgIpc) is 2.61. The lowest BCUT2D eigenvalue weighted by Gasteiger charge is -2.34. The van der Waals surface area contributed by atoms with Crippen molar-refractivity contribution in [1.82, 2.24) is 15.2 Å². The number of nitrogens with one attached hydrogen (secondary N) is 2. The SMILES string of the molecule is CC(C)CC(NC(=O)Nc1ccccn1)C(=O)N1CCC(CO)CC1. The Bertz CT molecular complexity index is 557. The summed E-state index contributed by atoms with van der Waals surface area (Å²) in [5.41, 5.74) is 0. The smallest absolute Gasteiger partial charge is 0.321 e. The van der Waals surface area contributed by atoms with E-state index < -0.39 is 12.1 Å². The predicted octanol–water partition coefficient (Wildman–Crippen LogP) is 1.85. The van der Waals surface area contributed by atoms with Crippen molar-refractivity contribution in [1.29, 1.82) is 0 Å². The van der Waals surface area contributed by atoms with E-state index in [0.717, 1.165) is 12.8 Å². The van der Waals surface area contributed by atoms with Crippen molar-refractivity contribution in [2.24, 2.45) is 11.8 Å². The van der Waals surface area contributed by atoms with Gasteiger partial charge in [-0.05, 0) is 43.2 Å². The van der Waals surface area contributed by atoms with E-state index in [4.69, 9.17) is 0 Å². The molecule has 0 aromatic carbocycles. The summed E-state index contributed by atoms with van der Waals surface area (Å²) in [4.78, 5) is 30.9. The van der Waals surface area contributed by atoms with Crippen molar-refractivity contribution in [2.45, 2.75) is 39.2 Å². The van der Waals surface area contributed by atoms with Crippen molar-refractivity contribution in [2.75, 3.05) is 25.0 Å². The molecule has 1 aliphatic rings. The Morgan fingerprint density at radius 3 is 2.60 bits per heavy atom. The topological polar surface area (TPSA) is 94.6 Å². The van der Waals surface area contributed by atoms with Crippen LogP contribution in [0.4, 0.5) is 10.6 Å². The van der Waals surface area contributed by atoms with Crippen molar-refractivity contribution >= 4 is 17.8 Å². The fraction of sp³-hybridized carbons (Fsp3) is 0.611. The third-order valence-electron chi connectivity index (χ3n) is 4.40. The van der Waals surface area contributed by atoms with Gasteiger partial charge in [0.25, 0.3) is 0 Å². The maximum Gasteiger partial charge on any atom is 0.321 e. The first-order valence-corrected chi connectivity index (χ1v) is 8.87. The van der Waals surface area contributed by atoms with Gasteiger partial charge in [-0.1, -0.05) is 19.9 Å². The third-order valence-corrected chi connectivity index (χ3v) is 4.40. The van der Waals surface area contributed by atoms with Gasteiger partial charge in [-0.2, -0.15) is 0 Å². The van der Waals surface area contributed by atoms with Crippen LogP contribution >= 0.6 is 0 Å². The number of anilines is 1. The number of likely N-dealkylation sites (tertiary alicyclic amines) is 1. The Hall–Kier alpha value is -2.15. The van der Waals surface area contributed by atoms with E-state index in [9.17, 15) is 14.7 Å². The fourth-order valence-electron chi connectivity index (χ4n) is 3.00. The quantitative estimate of drug-likeness (QED) is 0.731. The number of aliphatic hydroxyl groups is 1. The third kappa shape index (κ3) is 6.01. The van der Waals surface area contributed by atoms with Crippen molar-refractivity contribution in [3.05, 3.63) is 24.4 Å². The molecule has 1 aromatic heterocycles. The number of urea groups is 1. The monoisotopic (exact) mass is 348 g/mol. The lowest BCUT2D eigenvalue weighted by atomic mass is 9.96. The first-order chi connectivity index (χ1) is 12.0. The molecule has 0 radical (unpaired) electrons. The largest absolute Gasteiger partial charge is 0.396 e. The summed E-state index contributed by atoms with van der Waals surface area (Å²) >= 11 is 0. The van der Waals surface area contributed by atoms with Crippen LogP contribution in [-0.2, 0) is 4.79 Å². The van der Waals surface area contributed by atoms with E-state index in [1.54, 1.807) is 29.3 Å². The number of carbonyl (C=O) groups is 2. The molecular weight excluding hydrogens is 320 g/mol. The number of nitrogens with zero attached hydrogens (tertiary/aromatic N) is 2. The Balaban J connectivity index is 1.95. The van der Waals surface area contributed by atoms with Crippen LogP contribution in [0.25, 0.3) is 0 Å². The highest BCUT2D eigenvalue weighted by atomic mass is 16.3. The number of rotatable bonds is 6. The minimum atomic E-state index is -0.561. The van der Waals surface area contributed by atoms with Crippen molar-refractivity contribution in [3.63, 3.8) is 0 Å². The van der Waals surface area contributed by atoms with Crippen LogP contribution in [0, 0.1) is 11.8 Å². The van der Waals surface area contributed by atoms with E-state index in [2.05, 4.69) is 15.6 Å². The Morgan fingerprint density at radius 2 is 2.04 bits per heavy atom. The molecule has 0 bridgehead atoms. The number of piperidine rings is 1. The molecule has 3 N–H and O–H groups in total. The van der Waals surface area contributed by atoms with Crippen LogP contribution < -0.4 is 10.6 Å². The Labute approximate surface area is 148 Å². The molecule has 2 rings (SSSR count). The van der Waals surface area contributed by atoms with E-state index >= 15 is 0 Å². The lowest BCUT2D eigenvalue weighted by Crippen LogP contribution is -2.52. The maximum atomic E-state index is 12.8. The summed E-state index contributed by atoms with van der Waals surface area (Å²) in [6.07, 6.45) is 3.78. The van der Waals surface area contributed by atoms with E-state index in [1.807, 2.05) is 13.8 Å².